The highest BCUT2D eigenvalue weighted by atomic mass is 16.5. The summed E-state index contributed by atoms with van der Waals surface area (Å²) in [7, 11) is 3.28. The lowest BCUT2D eigenvalue weighted by molar-refractivity contribution is -0.136. The van der Waals surface area contributed by atoms with Crippen LogP contribution >= 0.6 is 0 Å². The lowest BCUT2D eigenvalue weighted by atomic mass is 10.0. The second-order valence-electron chi connectivity index (χ2n) is 7.49. The summed E-state index contributed by atoms with van der Waals surface area (Å²) in [5, 5.41) is 10.3. The lowest BCUT2D eigenvalue weighted by Gasteiger charge is -2.28. The lowest BCUT2D eigenvalue weighted by Crippen LogP contribution is -2.46. The number of aliphatic hydroxyl groups is 1. The number of likely N-dealkylation sites (N-methyl/N-ethyl adjacent to an activating group) is 1. The van der Waals surface area contributed by atoms with Crippen molar-refractivity contribution in [1.82, 2.24) is 4.90 Å². The molecule has 1 aliphatic heterocycles. The number of para-hydroxylation sites is 1. The number of aliphatic hydroxyl groups excluding tert-OH is 1. The fourth-order valence-electron chi connectivity index (χ4n) is 3.73. The first kappa shape index (κ1) is 18.0. The molecule has 0 unspecified atom stereocenters. The number of carbonyl (C=O) groups excluding carboxylic acids is 1. The van der Waals surface area contributed by atoms with E-state index in [1.165, 1.54) is 0 Å². The van der Waals surface area contributed by atoms with Gasteiger partial charge in [-0.3, -0.25) is 4.79 Å². The maximum atomic E-state index is 12.5. The van der Waals surface area contributed by atoms with Crippen molar-refractivity contribution in [1.29, 1.82) is 0 Å². The van der Waals surface area contributed by atoms with Gasteiger partial charge >= 0.3 is 0 Å². The number of rotatable bonds is 5. The van der Waals surface area contributed by atoms with Gasteiger partial charge in [0, 0.05) is 26.1 Å². The molecule has 1 saturated carbocycles. The number of nitrogens with zero attached hydrogens (tertiary/aromatic N) is 1. The Morgan fingerprint density at radius 1 is 1.40 bits per heavy atom. The monoisotopic (exact) mass is 349 g/mol. The molecule has 0 spiro atoms. The van der Waals surface area contributed by atoms with Gasteiger partial charge in [0.1, 0.15) is 11.7 Å². The van der Waals surface area contributed by atoms with E-state index in [4.69, 9.17) is 14.2 Å². The largest absolute Gasteiger partial charge is 0.483 e. The van der Waals surface area contributed by atoms with Crippen LogP contribution in [0.15, 0.2) is 18.2 Å². The number of benzene rings is 1. The molecule has 2 aliphatic rings. The van der Waals surface area contributed by atoms with Crippen molar-refractivity contribution in [2.45, 2.75) is 57.0 Å². The van der Waals surface area contributed by atoms with Crippen LogP contribution < -0.4 is 9.47 Å². The average Bonchev–Trinajstić information content (AvgIpc) is 3.09. The standard InChI is InChI=1S/C19H27NO5/c1-19(2)10-12-6-5-7-15(18(12)25-19)24-11-16(21)20(3)13-8-9-14(23-4)17(13)22/h5-7,13-14,17,22H,8-11H2,1-4H3/t13-,14-,17-/m1/s1. The topological polar surface area (TPSA) is 68.2 Å². The van der Waals surface area contributed by atoms with Crippen LogP contribution in [0, 0.1) is 0 Å². The highest BCUT2D eigenvalue weighted by Gasteiger charge is 2.39. The SMILES string of the molecule is CO[C@@H]1CC[C@@H](N(C)C(=O)COc2cccc3c2OC(C)(C)C3)[C@H]1O. The van der Waals surface area contributed by atoms with Gasteiger partial charge in [-0.05, 0) is 32.8 Å². The average molecular weight is 349 g/mol. The second kappa shape index (κ2) is 6.84. The maximum absolute atomic E-state index is 12.5. The maximum Gasteiger partial charge on any atom is 0.260 e. The van der Waals surface area contributed by atoms with Crippen LogP contribution in [-0.2, 0) is 16.0 Å². The van der Waals surface area contributed by atoms with E-state index in [-0.39, 0.29) is 30.3 Å². The first-order valence-electron chi connectivity index (χ1n) is 8.72. The Bertz CT molecular complexity index is 645. The van der Waals surface area contributed by atoms with Crippen LogP contribution in [0.3, 0.4) is 0 Å². The summed E-state index contributed by atoms with van der Waals surface area (Å²) in [5.74, 6) is 1.14. The minimum Gasteiger partial charge on any atom is -0.483 e. The number of hydrogen-bond acceptors (Lipinski definition) is 5. The van der Waals surface area contributed by atoms with E-state index >= 15 is 0 Å². The van der Waals surface area contributed by atoms with Crippen LogP contribution in [-0.4, -0.2) is 60.5 Å². The van der Waals surface area contributed by atoms with E-state index < -0.39 is 6.10 Å². The zero-order valence-corrected chi connectivity index (χ0v) is 15.3. The van der Waals surface area contributed by atoms with E-state index in [0.29, 0.717) is 5.75 Å². The fourth-order valence-corrected chi connectivity index (χ4v) is 3.73. The van der Waals surface area contributed by atoms with Gasteiger partial charge in [0.25, 0.3) is 5.91 Å². The van der Waals surface area contributed by atoms with E-state index in [0.717, 1.165) is 30.6 Å². The van der Waals surface area contributed by atoms with Crippen molar-refractivity contribution in [3.8, 4) is 11.5 Å². The third-order valence-corrected chi connectivity index (χ3v) is 5.12. The molecule has 1 N–H and O–H groups in total. The summed E-state index contributed by atoms with van der Waals surface area (Å²) >= 11 is 0. The zero-order chi connectivity index (χ0) is 18.2. The Kier molecular flexibility index (Phi) is 4.93. The molecule has 1 heterocycles. The van der Waals surface area contributed by atoms with Gasteiger partial charge in [0.2, 0.25) is 0 Å². The van der Waals surface area contributed by atoms with E-state index in [1.54, 1.807) is 19.1 Å². The Morgan fingerprint density at radius 2 is 2.16 bits per heavy atom. The molecule has 25 heavy (non-hydrogen) atoms. The van der Waals surface area contributed by atoms with Crippen LogP contribution in [0.25, 0.3) is 0 Å². The van der Waals surface area contributed by atoms with Crippen LogP contribution in [0.4, 0.5) is 0 Å². The van der Waals surface area contributed by atoms with Gasteiger partial charge in [0.05, 0.1) is 12.1 Å². The number of ether oxygens (including phenoxy) is 3. The van der Waals surface area contributed by atoms with Crippen molar-refractivity contribution >= 4 is 5.91 Å². The normalized spacial score (nSPS) is 26.8. The number of methoxy groups -OCH3 is 1. The van der Waals surface area contributed by atoms with Gasteiger partial charge < -0.3 is 24.2 Å². The van der Waals surface area contributed by atoms with Gasteiger partial charge in [-0.2, -0.15) is 0 Å². The molecule has 1 fully saturated rings. The molecule has 0 saturated heterocycles. The molecule has 138 valence electrons. The molecule has 1 amide bonds. The van der Waals surface area contributed by atoms with Crippen LogP contribution in [0.2, 0.25) is 0 Å². The summed E-state index contributed by atoms with van der Waals surface area (Å²) in [6, 6.07) is 5.51. The quantitative estimate of drug-likeness (QED) is 0.878. The predicted molar refractivity (Wildman–Crippen MR) is 92.9 cm³/mol. The number of amides is 1. The van der Waals surface area contributed by atoms with Gasteiger partial charge in [-0.25, -0.2) is 0 Å². The summed E-state index contributed by atoms with van der Waals surface area (Å²) < 4.78 is 16.9. The van der Waals surface area contributed by atoms with Crippen molar-refractivity contribution in [2.75, 3.05) is 20.8 Å². The van der Waals surface area contributed by atoms with E-state index in [9.17, 15) is 9.90 Å². The number of hydrogen-bond donors (Lipinski definition) is 1. The Morgan fingerprint density at radius 3 is 2.84 bits per heavy atom. The van der Waals surface area contributed by atoms with Gasteiger partial charge in [0.15, 0.2) is 18.1 Å². The van der Waals surface area contributed by atoms with Crippen molar-refractivity contribution in [2.24, 2.45) is 0 Å². The van der Waals surface area contributed by atoms with Gasteiger partial charge in [-0.1, -0.05) is 12.1 Å². The first-order chi connectivity index (χ1) is 11.8. The molecule has 6 heteroatoms. The smallest absolute Gasteiger partial charge is 0.260 e. The second-order valence-corrected chi connectivity index (χ2v) is 7.49. The molecule has 3 rings (SSSR count). The molecule has 6 nitrogen and oxygen atoms in total. The summed E-state index contributed by atoms with van der Waals surface area (Å²) in [6.07, 6.45) is 1.41. The van der Waals surface area contributed by atoms with Crippen LogP contribution in [0.5, 0.6) is 11.5 Å². The Hall–Kier alpha value is -1.79. The third kappa shape index (κ3) is 3.60. The summed E-state index contributed by atoms with van der Waals surface area (Å²) in [4.78, 5) is 14.0. The Balaban J connectivity index is 1.61. The minimum absolute atomic E-state index is 0.0857. The van der Waals surface area contributed by atoms with Crippen molar-refractivity contribution in [3.05, 3.63) is 23.8 Å². The number of carbonyl (C=O) groups is 1. The molecular formula is C19H27NO5. The molecule has 1 aromatic rings. The number of fused-ring (bicyclic) bond motifs is 1. The molecular weight excluding hydrogens is 322 g/mol. The molecule has 3 atom stereocenters. The predicted octanol–water partition coefficient (Wildman–Crippen LogP) is 1.78. The Labute approximate surface area is 148 Å². The zero-order valence-electron chi connectivity index (χ0n) is 15.3. The van der Waals surface area contributed by atoms with Gasteiger partial charge in [-0.15, -0.1) is 0 Å². The molecule has 1 aromatic carbocycles. The fraction of sp³-hybridized carbons (Fsp3) is 0.632. The van der Waals surface area contributed by atoms with Crippen molar-refractivity contribution < 1.29 is 24.1 Å². The summed E-state index contributed by atoms with van der Waals surface area (Å²) in [5.41, 5.74) is 0.837. The summed E-state index contributed by atoms with van der Waals surface area (Å²) in [6.45, 7) is 3.98. The molecule has 0 bridgehead atoms. The van der Waals surface area contributed by atoms with Crippen molar-refractivity contribution in [3.63, 3.8) is 0 Å². The van der Waals surface area contributed by atoms with Crippen LogP contribution in [0.1, 0.15) is 32.3 Å². The molecule has 0 radical (unpaired) electrons. The third-order valence-electron chi connectivity index (χ3n) is 5.12. The highest BCUT2D eigenvalue weighted by molar-refractivity contribution is 5.78. The molecule has 1 aliphatic carbocycles. The molecule has 0 aromatic heterocycles. The first-order valence-corrected chi connectivity index (χ1v) is 8.72. The van der Waals surface area contributed by atoms with E-state index in [2.05, 4.69) is 0 Å². The highest BCUT2D eigenvalue weighted by Crippen LogP contribution is 2.41. The minimum atomic E-state index is -0.663. The van der Waals surface area contributed by atoms with E-state index in [1.807, 2.05) is 32.0 Å².